The minimum atomic E-state index is -1.85. The number of hydrogen-bond donors (Lipinski definition) is 0. The summed E-state index contributed by atoms with van der Waals surface area (Å²) in [6.45, 7) is 7.96. The van der Waals surface area contributed by atoms with Gasteiger partial charge in [0.1, 0.15) is 11.0 Å². The second-order valence-electron chi connectivity index (χ2n) is 6.03. The summed E-state index contributed by atoms with van der Waals surface area (Å²) in [7, 11) is -1.85. The minimum absolute atomic E-state index is 0.0975. The number of carbonyl (C=O) groups excluding carboxylic acids is 1. The molecule has 0 atom stereocenters. The summed E-state index contributed by atoms with van der Waals surface area (Å²) >= 11 is 6.02. The fourth-order valence-corrected chi connectivity index (χ4v) is 3.86. The molecule has 0 fully saturated rings. The number of hydrogen-bond acceptors (Lipinski definition) is 2. The van der Waals surface area contributed by atoms with Crippen molar-refractivity contribution >= 4 is 31.1 Å². The molecule has 0 radical (unpaired) electrons. The molecule has 0 amide bonds. The number of nitrogens with zero attached hydrogens (tertiary/aromatic N) is 1. The molecule has 0 unspecified atom stereocenters. The van der Waals surface area contributed by atoms with Gasteiger partial charge in [0.2, 0.25) is 0 Å². The summed E-state index contributed by atoms with van der Waals surface area (Å²) in [5.74, 6) is -0.408. The van der Waals surface area contributed by atoms with E-state index >= 15 is 0 Å². The van der Waals surface area contributed by atoms with Gasteiger partial charge in [-0.2, -0.15) is 0 Å². The van der Waals surface area contributed by atoms with Crippen LogP contribution in [0.25, 0.3) is 11.1 Å². The van der Waals surface area contributed by atoms with Crippen LogP contribution in [0.2, 0.25) is 24.8 Å². The van der Waals surface area contributed by atoms with Crippen LogP contribution in [-0.2, 0) is 0 Å². The number of carbonyl (C=O) groups is 1. The lowest BCUT2D eigenvalue weighted by atomic mass is 9.97. The molecular weight excluding hydrogens is 305 g/mol. The molecule has 2 rings (SSSR count). The lowest BCUT2D eigenvalue weighted by Crippen LogP contribution is -2.40. The van der Waals surface area contributed by atoms with Crippen molar-refractivity contribution in [2.45, 2.75) is 26.6 Å². The Hall–Kier alpha value is -1.52. The Morgan fingerprint density at radius 2 is 1.86 bits per heavy atom. The van der Waals surface area contributed by atoms with Crippen molar-refractivity contribution in [2.24, 2.45) is 0 Å². The molecule has 1 aromatic heterocycles. The van der Waals surface area contributed by atoms with Crippen molar-refractivity contribution in [3.8, 4) is 11.1 Å². The van der Waals surface area contributed by atoms with Crippen LogP contribution in [-0.4, -0.2) is 19.3 Å². The van der Waals surface area contributed by atoms with Gasteiger partial charge in [-0.05, 0) is 34.9 Å². The smallest absolute Gasteiger partial charge is 0.153 e. The Bertz CT molecular complexity index is 710. The minimum Gasteiger partial charge on any atom is -0.298 e. The Morgan fingerprint density at radius 3 is 2.43 bits per heavy atom. The number of aromatic nitrogens is 1. The summed E-state index contributed by atoms with van der Waals surface area (Å²) in [4.78, 5) is 15.4. The maximum absolute atomic E-state index is 14.7. The molecule has 2 aromatic rings. The summed E-state index contributed by atoms with van der Waals surface area (Å²) in [5, 5.41) is 1.02. The van der Waals surface area contributed by atoms with Crippen LogP contribution in [0, 0.1) is 12.7 Å². The first-order chi connectivity index (χ1) is 9.77. The van der Waals surface area contributed by atoms with E-state index in [1.54, 1.807) is 24.4 Å². The van der Waals surface area contributed by atoms with E-state index in [0.717, 1.165) is 11.1 Å². The lowest BCUT2D eigenvalue weighted by Gasteiger charge is -2.20. The summed E-state index contributed by atoms with van der Waals surface area (Å²) in [5.41, 5.74) is 2.13. The first kappa shape index (κ1) is 15.9. The molecule has 21 heavy (non-hydrogen) atoms. The second-order valence-corrected chi connectivity index (χ2v) is 11.4. The van der Waals surface area contributed by atoms with Crippen molar-refractivity contribution in [3.05, 3.63) is 46.5 Å². The van der Waals surface area contributed by atoms with E-state index in [0.29, 0.717) is 22.2 Å². The van der Waals surface area contributed by atoms with Crippen molar-refractivity contribution in [1.29, 1.82) is 0 Å². The van der Waals surface area contributed by atoms with E-state index in [2.05, 4.69) is 4.98 Å². The first-order valence-corrected chi connectivity index (χ1v) is 10.5. The predicted molar refractivity (Wildman–Crippen MR) is 87.7 cm³/mol. The zero-order valence-corrected chi connectivity index (χ0v) is 14.3. The van der Waals surface area contributed by atoms with Gasteiger partial charge in [0.15, 0.2) is 6.29 Å². The third-order valence-electron chi connectivity index (χ3n) is 3.54. The van der Waals surface area contributed by atoms with E-state index in [1.807, 2.05) is 26.6 Å². The summed E-state index contributed by atoms with van der Waals surface area (Å²) in [6, 6.07) is 5.34. The molecule has 0 saturated carbocycles. The van der Waals surface area contributed by atoms with Crippen LogP contribution in [0.5, 0.6) is 0 Å². The van der Waals surface area contributed by atoms with Gasteiger partial charge in [0.05, 0.1) is 13.6 Å². The highest BCUT2D eigenvalue weighted by Crippen LogP contribution is 2.30. The highest BCUT2D eigenvalue weighted by molar-refractivity contribution is 6.88. The van der Waals surface area contributed by atoms with Crippen LogP contribution in [0.15, 0.2) is 24.4 Å². The number of halogens is 2. The average molecular weight is 322 g/mol. The lowest BCUT2D eigenvalue weighted by molar-refractivity contribution is 0.112. The van der Waals surface area contributed by atoms with Crippen molar-refractivity contribution in [2.75, 3.05) is 0 Å². The normalized spacial score (nSPS) is 11.5. The maximum atomic E-state index is 14.7. The zero-order chi connectivity index (χ0) is 15.8. The van der Waals surface area contributed by atoms with E-state index < -0.39 is 13.9 Å². The zero-order valence-electron chi connectivity index (χ0n) is 12.5. The Kier molecular flexibility index (Phi) is 4.30. The van der Waals surface area contributed by atoms with E-state index in [-0.39, 0.29) is 5.56 Å². The monoisotopic (exact) mass is 321 g/mol. The molecule has 1 heterocycles. The number of benzene rings is 1. The van der Waals surface area contributed by atoms with Gasteiger partial charge in [-0.1, -0.05) is 43.4 Å². The summed E-state index contributed by atoms with van der Waals surface area (Å²) in [6.07, 6.45) is 2.14. The summed E-state index contributed by atoms with van der Waals surface area (Å²) < 4.78 is 14.7. The van der Waals surface area contributed by atoms with Gasteiger partial charge < -0.3 is 0 Å². The van der Waals surface area contributed by atoms with Crippen LogP contribution in [0.4, 0.5) is 4.39 Å². The van der Waals surface area contributed by atoms with E-state index in [4.69, 9.17) is 11.6 Å². The molecule has 0 aliphatic carbocycles. The Balaban J connectivity index is 2.75. The molecule has 0 aliphatic rings. The maximum Gasteiger partial charge on any atom is 0.153 e. The largest absolute Gasteiger partial charge is 0.298 e. The fourth-order valence-electron chi connectivity index (χ4n) is 2.32. The van der Waals surface area contributed by atoms with Gasteiger partial charge >= 0.3 is 0 Å². The van der Waals surface area contributed by atoms with Gasteiger partial charge in [-0.3, -0.25) is 4.79 Å². The third kappa shape index (κ3) is 2.92. The average Bonchev–Trinajstić information content (AvgIpc) is 2.40. The van der Waals surface area contributed by atoms with Crippen LogP contribution >= 0.6 is 11.6 Å². The van der Waals surface area contributed by atoms with Gasteiger partial charge in [0.25, 0.3) is 0 Å². The highest BCUT2D eigenvalue weighted by atomic mass is 35.5. The quantitative estimate of drug-likeness (QED) is 0.481. The molecule has 0 saturated heterocycles. The molecule has 0 N–H and O–H groups in total. The molecule has 0 bridgehead atoms. The molecule has 1 aromatic carbocycles. The van der Waals surface area contributed by atoms with Gasteiger partial charge in [0, 0.05) is 6.20 Å². The van der Waals surface area contributed by atoms with E-state index in [1.165, 1.54) is 0 Å². The Labute approximate surface area is 130 Å². The third-order valence-corrected chi connectivity index (χ3v) is 5.92. The fraction of sp³-hybridized carbons (Fsp3) is 0.250. The predicted octanol–water partition coefficient (Wildman–Crippen LogP) is 4.21. The standard InChI is InChI=1S/C16H17ClFNOSi/c1-10-11(7-8-19-16(10)17)12-5-6-14(21(2,3)4)15(18)13(12)9-20/h5-9H,1-4H3. The van der Waals surface area contributed by atoms with Crippen LogP contribution < -0.4 is 5.19 Å². The molecule has 110 valence electrons. The Morgan fingerprint density at radius 1 is 1.19 bits per heavy atom. The van der Waals surface area contributed by atoms with Crippen LogP contribution in [0.1, 0.15) is 15.9 Å². The number of pyridine rings is 1. The molecule has 0 aliphatic heterocycles. The molecule has 0 spiro atoms. The van der Waals surface area contributed by atoms with Crippen molar-refractivity contribution < 1.29 is 9.18 Å². The molecular formula is C16H17ClFNOSi. The van der Waals surface area contributed by atoms with Gasteiger partial charge in [-0.15, -0.1) is 0 Å². The second kappa shape index (κ2) is 5.70. The van der Waals surface area contributed by atoms with Crippen molar-refractivity contribution in [1.82, 2.24) is 4.98 Å². The highest BCUT2D eigenvalue weighted by Gasteiger charge is 2.24. The molecule has 5 heteroatoms. The first-order valence-electron chi connectivity index (χ1n) is 6.67. The SMILES string of the molecule is Cc1c(-c2ccc([Si](C)(C)C)c(F)c2C=O)ccnc1Cl. The number of rotatable bonds is 3. The van der Waals surface area contributed by atoms with Crippen molar-refractivity contribution in [3.63, 3.8) is 0 Å². The topological polar surface area (TPSA) is 30.0 Å². The molecule has 2 nitrogen and oxygen atoms in total. The van der Waals surface area contributed by atoms with E-state index in [9.17, 15) is 9.18 Å². The van der Waals surface area contributed by atoms with Gasteiger partial charge in [-0.25, -0.2) is 9.37 Å². The number of aldehydes is 1. The van der Waals surface area contributed by atoms with Crippen LogP contribution in [0.3, 0.4) is 0 Å².